The number of carbonyl (C=O) groups excluding carboxylic acids is 2. The van der Waals surface area contributed by atoms with Crippen LogP contribution in [0.3, 0.4) is 0 Å². The van der Waals surface area contributed by atoms with Gasteiger partial charge in [0.15, 0.2) is 0 Å². The van der Waals surface area contributed by atoms with Crippen LogP contribution in [0.1, 0.15) is 91.4 Å². The summed E-state index contributed by atoms with van der Waals surface area (Å²) in [5, 5.41) is 32.4. The molecule has 0 aliphatic heterocycles. The van der Waals surface area contributed by atoms with Gasteiger partial charge in [-0.15, -0.1) is 0 Å². The summed E-state index contributed by atoms with van der Waals surface area (Å²) in [6, 6.07) is 14.3. The number of carbonyl (C=O) groups is 2. The molecule has 0 saturated heterocycles. The molecule has 6 rings (SSSR count). The standard InChI is InChI=1S/C38H55N3O4/c1-23(13-18-35(45)41-31-11-6-9-24-8-4-5-10-27(24)31)28-16-17-29-36-30(21-33(43)38(28,29)3)37(2)22-26(40-34(44)12-7-19-39)15-14-25(37)20-32(36)42/h4-6,8-11,23,25-26,28-30,32-33,36,42-43H,7,12-22,39H2,1-3H3,(H,40,44)(H,41,45)/t23-,25+,26+,28-,29+,30+,32-,33+,36+,37+,38-/m1/s1. The maximum Gasteiger partial charge on any atom is 0.224 e. The lowest BCUT2D eigenvalue weighted by Gasteiger charge is -2.64. The van der Waals surface area contributed by atoms with Gasteiger partial charge in [0.25, 0.3) is 0 Å². The van der Waals surface area contributed by atoms with Gasteiger partial charge in [0, 0.05) is 30.0 Å². The molecule has 0 bridgehead atoms. The first kappa shape index (κ1) is 32.5. The Kier molecular flexibility index (Phi) is 9.35. The molecule has 0 unspecified atom stereocenters. The Balaban J connectivity index is 1.13. The summed E-state index contributed by atoms with van der Waals surface area (Å²) in [4.78, 5) is 25.7. The van der Waals surface area contributed by atoms with Gasteiger partial charge in [0.2, 0.25) is 11.8 Å². The van der Waals surface area contributed by atoms with Gasteiger partial charge >= 0.3 is 0 Å². The van der Waals surface area contributed by atoms with Gasteiger partial charge in [-0.2, -0.15) is 0 Å². The van der Waals surface area contributed by atoms with E-state index in [1.165, 1.54) is 0 Å². The van der Waals surface area contributed by atoms with Crippen LogP contribution in [0.15, 0.2) is 42.5 Å². The number of fused-ring (bicyclic) bond motifs is 6. The second-order valence-corrected chi connectivity index (χ2v) is 15.6. The predicted molar refractivity (Wildman–Crippen MR) is 179 cm³/mol. The zero-order chi connectivity index (χ0) is 31.9. The van der Waals surface area contributed by atoms with Crippen LogP contribution in [0.4, 0.5) is 5.69 Å². The Morgan fingerprint density at radius 3 is 2.53 bits per heavy atom. The van der Waals surface area contributed by atoms with E-state index < -0.39 is 6.10 Å². The highest BCUT2D eigenvalue weighted by molar-refractivity contribution is 6.02. The Bertz CT molecular complexity index is 1380. The molecule has 0 spiro atoms. The van der Waals surface area contributed by atoms with E-state index in [1.54, 1.807) is 0 Å². The number of amides is 2. The number of hydrogen-bond acceptors (Lipinski definition) is 5. The number of rotatable bonds is 9. The first-order chi connectivity index (χ1) is 21.6. The van der Waals surface area contributed by atoms with E-state index >= 15 is 0 Å². The third kappa shape index (κ3) is 5.94. The average Bonchev–Trinajstić information content (AvgIpc) is 3.38. The molecule has 7 nitrogen and oxygen atoms in total. The van der Waals surface area contributed by atoms with Crippen LogP contribution < -0.4 is 16.4 Å². The van der Waals surface area contributed by atoms with Crippen molar-refractivity contribution in [2.45, 2.75) is 110 Å². The molecular formula is C38H55N3O4. The van der Waals surface area contributed by atoms with Gasteiger partial charge in [-0.25, -0.2) is 0 Å². The van der Waals surface area contributed by atoms with Crippen LogP contribution in [0.25, 0.3) is 10.8 Å². The van der Waals surface area contributed by atoms with Gasteiger partial charge in [-0.3, -0.25) is 9.59 Å². The van der Waals surface area contributed by atoms with Gasteiger partial charge in [-0.05, 0) is 122 Å². The Labute approximate surface area is 269 Å². The summed E-state index contributed by atoms with van der Waals surface area (Å²) in [6.07, 6.45) is 8.08. The largest absolute Gasteiger partial charge is 0.393 e. The van der Waals surface area contributed by atoms with E-state index in [2.05, 4.69) is 43.5 Å². The fourth-order valence-electron chi connectivity index (χ4n) is 11.0. The van der Waals surface area contributed by atoms with Crippen molar-refractivity contribution in [3.63, 3.8) is 0 Å². The van der Waals surface area contributed by atoms with Crippen LogP contribution in [0.5, 0.6) is 0 Å². The summed E-state index contributed by atoms with van der Waals surface area (Å²) >= 11 is 0. The molecule has 4 aliphatic carbocycles. The van der Waals surface area contributed by atoms with E-state index in [4.69, 9.17) is 5.73 Å². The monoisotopic (exact) mass is 617 g/mol. The molecule has 2 aromatic carbocycles. The lowest BCUT2D eigenvalue weighted by molar-refractivity contribution is -0.203. The van der Waals surface area contributed by atoms with Crippen molar-refractivity contribution in [1.82, 2.24) is 5.32 Å². The van der Waals surface area contributed by atoms with Crippen LogP contribution in [-0.2, 0) is 9.59 Å². The molecule has 45 heavy (non-hydrogen) atoms. The van der Waals surface area contributed by atoms with Crippen molar-refractivity contribution < 1.29 is 19.8 Å². The molecule has 0 aromatic heterocycles. The highest BCUT2D eigenvalue weighted by Gasteiger charge is 2.65. The Morgan fingerprint density at radius 1 is 0.956 bits per heavy atom. The first-order valence-electron chi connectivity index (χ1n) is 17.7. The summed E-state index contributed by atoms with van der Waals surface area (Å²) in [5.74, 6) is 1.80. The third-order valence-electron chi connectivity index (χ3n) is 13.4. The van der Waals surface area contributed by atoms with E-state index in [-0.39, 0.29) is 58.5 Å². The molecule has 4 fully saturated rings. The molecule has 4 aliphatic rings. The molecule has 7 heteroatoms. The zero-order valence-electron chi connectivity index (χ0n) is 27.5. The van der Waals surface area contributed by atoms with Crippen molar-refractivity contribution in [3.05, 3.63) is 42.5 Å². The molecule has 0 radical (unpaired) electrons. The fraction of sp³-hybridized carbons (Fsp3) is 0.684. The quantitative estimate of drug-likeness (QED) is 0.235. The minimum absolute atomic E-state index is 0.0142. The van der Waals surface area contributed by atoms with Crippen molar-refractivity contribution >= 4 is 28.3 Å². The normalized spacial score (nSPS) is 38.1. The number of aliphatic hydroxyl groups excluding tert-OH is 2. The topological polar surface area (TPSA) is 125 Å². The number of nitrogens with one attached hydrogen (secondary N) is 2. The highest BCUT2D eigenvalue weighted by atomic mass is 16.3. The van der Waals surface area contributed by atoms with Gasteiger partial charge in [-0.1, -0.05) is 57.2 Å². The molecule has 246 valence electrons. The lowest BCUT2D eigenvalue weighted by atomic mass is 9.43. The van der Waals surface area contributed by atoms with E-state index in [0.717, 1.165) is 61.4 Å². The van der Waals surface area contributed by atoms with E-state index in [1.807, 2.05) is 30.3 Å². The highest BCUT2D eigenvalue weighted by Crippen LogP contribution is 2.68. The smallest absolute Gasteiger partial charge is 0.224 e. The zero-order valence-corrected chi connectivity index (χ0v) is 27.5. The molecular weight excluding hydrogens is 562 g/mol. The molecule has 6 N–H and O–H groups in total. The van der Waals surface area contributed by atoms with Crippen molar-refractivity contribution in [2.75, 3.05) is 11.9 Å². The summed E-state index contributed by atoms with van der Waals surface area (Å²) in [5.41, 5.74) is 6.19. The van der Waals surface area contributed by atoms with Crippen molar-refractivity contribution in [3.8, 4) is 0 Å². The van der Waals surface area contributed by atoms with Gasteiger partial charge in [0.05, 0.1) is 12.2 Å². The number of anilines is 1. The van der Waals surface area contributed by atoms with Crippen LogP contribution in [0, 0.1) is 46.3 Å². The fourth-order valence-corrected chi connectivity index (χ4v) is 11.0. The minimum Gasteiger partial charge on any atom is -0.393 e. The Morgan fingerprint density at radius 2 is 1.73 bits per heavy atom. The van der Waals surface area contributed by atoms with Gasteiger partial charge in [0.1, 0.15) is 0 Å². The first-order valence-corrected chi connectivity index (χ1v) is 17.7. The Hall–Kier alpha value is -2.48. The van der Waals surface area contributed by atoms with Crippen LogP contribution >= 0.6 is 0 Å². The lowest BCUT2D eigenvalue weighted by Crippen LogP contribution is -2.63. The number of nitrogens with two attached hydrogens (primary N) is 1. The predicted octanol–water partition coefficient (Wildman–Crippen LogP) is 6.02. The van der Waals surface area contributed by atoms with Gasteiger partial charge < -0.3 is 26.6 Å². The number of benzene rings is 2. The summed E-state index contributed by atoms with van der Waals surface area (Å²) in [6.45, 7) is 7.45. The minimum atomic E-state index is -0.439. The third-order valence-corrected chi connectivity index (χ3v) is 13.4. The van der Waals surface area contributed by atoms with Crippen LogP contribution in [0.2, 0.25) is 0 Å². The summed E-state index contributed by atoms with van der Waals surface area (Å²) < 4.78 is 0. The van der Waals surface area contributed by atoms with E-state index in [0.29, 0.717) is 44.1 Å². The second-order valence-electron chi connectivity index (χ2n) is 15.6. The maximum absolute atomic E-state index is 13.1. The van der Waals surface area contributed by atoms with Crippen molar-refractivity contribution in [2.24, 2.45) is 52.1 Å². The molecule has 4 saturated carbocycles. The van der Waals surface area contributed by atoms with Crippen molar-refractivity contribution in [1.29, 1.82) is 0 Å². The second kappa shape index (κ2) is 13.0. The average molecular weight is 618 g/mol. The SMILES string of the molecule is C[C@H](CCC(=O)Nc1cccc2ccccc12)[C@H]1CC[C@H]2[C@@H]3[C@H](O)C[C@@H]4CC[C@H](NC(=O)CCCN)C[C@]4(C)[C@H]3C[C@H](O)[C@]12C. The number of hydrogen-bond donors (Lipinski definition) is 5. The number of aliphatic hydroxyl groups is 2. The molecule has 2 aromatic rings. The molecule has 11 atom stereocenters. The summed E-state index contributed by atoms with van der Waals surface area (Å²) in [7, 11) is 0. The maximum atomic E-state index is 13.1. The van der Waals surface area contributed by atoms with E-state index in [9.17, 15) is 19.8 Å². The molecule has 2 amide bonds. The van der Waals surface area contributed by atoms with Crippen LogP contribution in [-0.4, -0.2) is 46.8 Å². The molecule has 0 heterocycles.